The van der Waals surface area contributed by atoms with Gasteiger partial charge in [-0.15, -0.1) is 15.3 Å². The second-order valence-electron chi connectivity index (χ2n) is 5.38. The highest BCUT2D eigenvalue weighted by atomic mass is 19.1. The maximum Gasteiger partial charge on any atom is 0.185 e. The minimum atomic E-state index is -0.391. The Morgan fingerprint density at radius 2 is 1.84 bits per heavy atom. The molecule has 0 atom stereocenters. The Hall–Kier alpha value is -3.48. The third kappa shape index (κ3) is 2.99. The van der Waals surface area contributed by atoms with E-state index in [4.69, 9.17) is 4.74 Å². The second kappa shape index (κ2) is 6.20. The first-order chi connectivity index (χ1) is 12.2. The fourth-order valence-corrected chi connectivity index (χ4v) is 2.52. The van der Waals surface area contributed by atoms with Gasteiger partial charge in [-0.1, -0.05) is 30.3 Å². The Labute approximate surface area is 142 Å². The molecule has 4 rings (SSSR count). The van der Waals surface area contributed by atoms with E-state index in [9.17, 15) is 4.39 Å². The van der Waals surface area contributed by atoms with Crippen molar-refractivity contribution < 1.29 is 9.13 Å². The van der Waals surface area contributed by atoms with Gasteiger partial charge in [-0.25, -0.2) is 4.39 Å². The molecule has 0 amide bonds. The van der Waals surface area contributed by atoms with Crippen molar-refractivity contribution in [1.29, 1.82) is 0 Å². The van der Waals surface area contributed by atoms with Gasteiger partial charge < -0.3 is 10.1 Å². The number of halogens is 1. The monoisotopic (exact) mass is 335 g/mol. The Morgan fingerprint density at radius 1 is 1.00 bits per heavy atom. The van der Waals surface area contributed by atoms with Gasteiger partial charge in [-0.3, -0.25) is 0 Å². The van der Waals surface area contributed by atoms with E-state index in [1.807, 2.05) is 30.3 Å². The molecule has 0 spiro atoms. The van der Waals surface area contributed by atoms with Crippen LogP contribution in [0.3, 0.4) is 0 Å². The molecule has 0 aliphatic heterocycles. The molecule has 2 aromatic heterocycles. The van der Waals surface area contributed by atoms with Gasteiger partial charge in [-0.05, 0) is 18.2 Å². The van der Waals surface area contributed by atoms with Gasteiger partial charge in [0, 0.05) is 23.4 Å². The SMILES string of the molecule is COc1cc(F)cc(Nc2ccc3nnc(-c4ccccc4)n3n2)c1. The number of anilines is 2. The van der Waals surface area contributed by atoms with Gasteiger partial charge in [0.25, 0.3) is 0 Å². The lowest BCUT2D eigenvalue weighted by molar-refractivity contribution is 0.411. The summed E-state index contributed by atoms with van der Waals surface area (Å²) in [7, 11) is 1.49. The number of aromatic nitrogens is 4. The second-order valence-corrected chi connectivity index (χ2v) is 5.38. The fraction of sp³-hybridized carbons (Fsp3) is 0.0556. The summed E-state index contributed by atoms with van der Waals surface area (Å²) < 4.78 is 20.4. The molecule has 25 heavy (non-hydrogen) atoms. The van der Waals surface area contributed by atoms with Crippen molar-refractivity contribution in [3.63, 3.8) is 0 Å². The van der Waals surface area contributed by atoms with Gasteiger partial charge in [0.05, 0.1) is 7.11 Å². The normalized spacial score (nSPS) is 10.8. The lowest BCUT2D eigenvalue weighted by Crippen LogP contribution is -2.01. The molecule has 0 bridgehead atoms. The van der Waals surface area contributed by atoms with Crippen LogP contribution in [-0.2, 0) is 0 Å². The molecular weight excluding hydrogens is 321 g/mol. The quantitative estimate of drug-likeness (QED) is 0.616. The third-order valence-electron chi connectivity index (χ3n) is 3.67. The molecule has 0 saturated heterocycles. The van der Waals surface area contributed by atoms with Crippen molar-refractivity contribution in [3.05, 3.63) is 66.5 Å². The van der Waals surface area contributed by atoms with Crippen LogP contribution in [0.2, 0.25) is 0 Å². The summed E-state index contributed by atoms with van der Waals surface area (Å²) in [6.45, 7) is 0. The predicted octanol–water partition coefficient (Wildman–Crippen LogP) is 3.68. The molecule has 0 radical (unpaired) electrons. The average Bonchev–Trinajstić information content (AvgIpc) is 3.05. The fourth-order valence-electron chi connectivity index (χ4n) is 2.52. The molecule has 0 unspecified atom stereocenters. The number of benzene rings is 2. The van der Waals surface area contributed by atoms with Crippen LogP contribution in [0, 0.1) is 5.82 Å². The van der Waals surface area contributed by atoms with E-state index >= 15 is 0 Å². The summed E-state index contributed by atoms with van der Waals surface area (Å²) in [5.74, 6) is 1.21. The number of fused-ring (bicyclic) bond motifs is 1. The van der Waals surface area contributed by atoms with Gasteiger partial charge in [-0.2, -0.15) is 4.52 Å². The molecule has 7 heteroatoms. The van der Waals surface area contributed by atoms with E-state index in [2.05, 4.69) is 20.6 Å². The summed E-state index contributed by atoms with van der Waals surface area (Å²) in [6, 6.07) is 17.6. The minimum Gasteiger partial charge on any atom is -0.497 e. The van der Waals surface area contributed by atoms with E-state index < -0.39 is 5.82 Å². The van der Waals surface area contributed by atoms with Crippen molar-refractivity contribution >= 4 is 17.2 Å². The molecule has 0 aliphatic rings. The zero-order valence-corrected chi connectivity index (χ0v) is 13.3. The van der Waals surface area contributed by atoms with Crippen LogP contribution < -0.4 is 10.1 Å². The Balaban J connectivity index is 1.73. The summed E-state index contributed by atoms with van der Waals surface area (Å²) in [5, 5.41) is 15.9. The highest BCUT2D eigenvalue weighted by molar-refractivity contribution is 5.62. The van der Waals surface area contributed by atoms with E-state index in [-0.39, 0.29) is 0 Å². The molecule has 2 heterocycles. The van der Waals surface area contributed by atoms with Gasteiger partial charge in [0.15, 0.2) is 17.3 Å². The lowest BCUT2D eigenvalue weighted by Gasteiger charge is -2.08. The van der Waals surface area contributed by atoms with Crippen molar-refractivity contribution in [2.24, 2.45) is 0 Å². The van der Waals surface area contributed by atoms with Gasteiger partial charge >= 0.3 is 0 Å². The van der Waals surface area contributed by atoms with Crippen LogP contribution in [0.5, 0.6) is 5.75 Å². The number of ether oxygens (including phenoxy) is 1. The van der Waals surface area contributed by atoms with E-state index in [1.165, 1.54) is 19.2 Å². The van der Waals surface area contributed by atoms with Crippen molar-refractivity contribution in [3.8, 4) is 17.1 Å². The van der Waals surface area contributed by atoms with E-state index in [0.29, 0.717) is 28.7 Å². The Morgan fingerprint density at radius 3 is 2.64 bits per heavy atom. The van der Waals surface area contributed by atoms with Crippen LogP contribution in [0.15, 0.2) is 60.7 Å². The minimum absolute atomic E-state index is 0.391. The lowest BCUT2D eigenvalue weighted by atomic mass is 10.2. The third-order valence-corrected chi connectivity index (χ3v) is 3.67. The first-order valence-corrected chi connectivity index (χ1v) is 7.62. The highest BCUT2D eigenvalue weighted by Crippen LogP contribution is 2.23. The van der Waals surface area contributed by atoms with Crippen molar-refractivity contribution in [1.82, 2.24) is 19.8 Å². The summed E-state index contributed by atoms with van der Waals surface area (Å²) in [6.07, 6.45) is 0. The molecular formula is C18H14FN5O. The topological polar surface area (TPSA) is 64.3 Å². The van der Waals surface area contributed by atoms with Crippen LogP contribution in [0.4, 0.5) is 15.9 Å². The van der Waals surface area contributed by atoms with Gasteiger partial charge in [0.1, 0.15) is 11.6 Å². The number of nitrogens with one attached hydrogen (secondary N) is 1. The smallest absolute Gasteiger partial charge is 0.185 e. The molecule has 0 fully saturated rings. The maximum absolute atomic E-state index is 13.6. The number of hydrogen-bond donors (Lipinski definition) is 1. The predicted molar refractivity (Wildman–Crippen MR) is 92.5 cm³/mol. The van der Waals surface area contributed by atoms with Crippen molar-refractivity contribution in [2.75, 3.05) is 12.4 Å². The molecule has 0 aliphatic carbocycles. The number of rotatable bonds is 4. The Kier molecular flexibility index (Phi) is 3.74. The van der Waals surface area contributed by atoms with Crippen molar-refractivity contribution in [2.45, 2.75) is 0 Å². The molecule has 124 valence electrons. The van der Waals surface area contributed by atoms with E-state index in [0.717, 1.165) is 5.56 Å². The Bertz CT molecular complexity index is 1030. The largest absolute Gasteiger partial charge is 0.497 e. The summed E-state index contributed by atoms with van der Waals surface area (Å²) >= 11 is 0. The highest BCUT2D eigenvalue weighted by Gasteiger charge is 2.10. The molecule has 1 N–H and O–H groups in total. The first kappa shape index (κ1) is 15.1. The van der Waals surface area contributed by atoms with Crippen LogP contribution >= 0.6 is 0 Å². The summed E-state index contributed by atoms with van der Waals surface area (Å²) in [5.41, 5.74) is 2.08. The number of hydrogen-bond acceptors (Lipinski definition) is 5. The van der Waals surface area contributed by atoms with Gasteiger partial charge in [0.2, 0.25) is 0 Å². The van der Waals surface area contributed by atoms with Crippen LogP contribution in [-0.4, -0.2) is 26.9 Å². The first-order valence-electron chi connectivity index (χ1n) is 7.62. The van der Waals surface area contributed by atoms with Crippen LogP contribution in [0.1, 0.15) is 0 Å². The molecule has 2 aromatic carbocycles. The number of nitrogens with zero attached hydrogens (tertiary/aromatic N) is 4. The zero-order valence-electron chi connectivity index (χ0n) is 13.3. The number of methoxy groups -OCH3 is 1. The van der Waals surface area contributed by atoms with Crippen LogP contribution in [0.25, 0.3) is 17.0 Å². The zero-order chi connectivity index (χ0) is 17.2. The maximum atomic E-state index is 13.6. The molecule has 0 saturated carbocycles. The molecule has 4 aromatic rings. The van der Waals surface area contributed by atoms with E-state index in [1.54, 1.807) is 22.7 Å². The molecule has 6 nitrogen and oxygen atoms in total. The summed E-state index contributed by atoms with van der Waals surface area (Å²) in [4.78, 5) is 0. The standard InChI is InChI=1S/C18H14FN5O/c1-25-15-10-13(19)9-14(11-15)20-16-7-8-17-21-22-18(24(17)23-16)12-5-3-2-4-6-12/h2-11H,1H3,(H,20,23). The average molecular weight is 335 g/mol.